The number of hydrogen-bond donors (Lipinski definition) is 1. The first-order valence-corrected chi connectivity index (χ1v) is 8.53. The van der Waals surface area contributed by atoms with Gasteiger partial charge in [-0.15, -0.1) is 0 Å². The first-order valence-electron chi connectivity index (χ1n) is 6.67. The van der Waals surface area contributed by atoms with Crippen LogP contribution in [0.25, 0.3) is 0 Å². The number of aromatic nitrogens is 2. The Morgan fingerprint density at radius 2 is 1.95 bits per heavy atom. The zero-order valence-corrected chi connectivity index (χ0v) is 13.0. The third-order valence-corrected chi connectivity index (χ3v) is 5.11. The second kappa shape index (κ2) is 6.80. The topological polar surface area (TPSA) is 75.2 Å². The summed E-state index contributed by atoms with van der Waals surface area (Å²) in [6, 6.07) is 0. The summed E-state index contributed by atoms with van der Waals surface area (Å²) in [5, 5.41) is 0.0337. The van der Waals surface area contributed by atoms with Gasteiger partial charge in [-0.2, -0.15) is 0 Å². The molecule has 0 radical (unpaired) electrons. The minimum atomic E-state index is -3.55. The van der Waals surface area contributed by atoms with Gasteiger partial charge in [0, 0.05) is 13.1 Å². The first kappa shape index (κ1) is 15.6. The molecule has 0 atom stereocenters. The lowest BCUT2D eigenvalue weighted by molar-refractivity contribution is 0.195. The van der Waals surface area contributed by atoms with Crippen molar-refractivity contribution in [3.05, 3.63) is 17.7 Å². The number of hydrogen-bond acceptors (Lipinski definition) is 5. The predicted octanol–water partition coefficient (Wildman–Crippen LogP) is 1.14. The number of rotatable bonds is 5. The molecule has 1 aromatic rings. The number of nitrogens with one attached hydrogen (secondary N) is 1. The summed E-state index contributed by atoms with van der Waals surface area (Å²) in [6.07, 6.45) is 4.77. The molecular formula is C12H19ClN4O2S. The Kier molecular flexibility index (Phi) is 5.31. The Bertz CT molecular complexity index is 527. The lowest BCUT2D eigenvalue weighted by atomic mass is 9.99. The van der Waals surface area contributed by atoms with E-state index in [9.17, 15) is 8.42 Å². The maximum atomic E-state index is 12.0. The van der Waals surface area contributed by atoms with Gasteiger partial charge >= 0.3 is 0 Å². The van der Waals surface area contributed by atoms with E-state index in [1.807, 2.05) is 0 Å². The lowest BCUT2D eigenvalue weighted by Crippen LogP contribution is -2.39. The smallest absolute Gasteiger partial charge is 0.243 e. The normalized spacial score (nSPS) is 18.3. The summed E-state index contributed by atoms with van der Waals surface area (Å²) < 4.78 is 26.5. The van der Waals surface area contributed by atoms with E-state index in [1.54, 1.807) is 0 Å². The number of sulfonamides is 1. The molecule has 6 nitrogen and oxygen atoms in total. The standard InChI is InChI=1S/C12H19ClN4O2S/c1-10-2-5-17(6-3-10)7-4-16-20(18,19)11-8-14-12(13)15-9-11/h8-10,16H,2-7H2,1H3. The van der Waals surface area contributed by atoms with E-state index in [0.717, 1.165) is 25.6 Å². The molecule has 0 bridgehead atoms. The summed E-state index contributed by atoms with van der Waals surface area (Å²) in [5.74, 6) is 0.772. The molecule has 0 saturated carbocycles. The molecule has 1 fully saturated rings. The summed E-state index contributed by atoms with van der Waals surface area (Å²) >= 11 is 5.54. The SMILES string of the molecule is CC1CCN(CCNS(=O)(=O)c2cnc(Cl)nc2)CC1. The van der Waals surface area contributed by atoms with E-state index in [4.69, 9.17) is 11.6 Å². The Balaban J connectivity index is 1.82. The largest absolute Gasteiger partial charge is 0.302 e. The fourth-order valence-corrected chi connectivity index (χ4v) is 3.15. The van der Waals surface area contributed by atoms with Crippen LogP contribution >= 0.6 is 11.6 Å². The van der Waals surface area contributed by atoms with Crippen LogP contribution in [-0.2, 0) is 10.0 Å². The molecule has 1 N–H and O–H groups in total. The third-order valence-electron chi connectivity index (χ3n) is 3.50. The molecule has 0 aliphatic carbocycles. The minimum absolute atomic E-state index is 0.0337. The van der Waals surface area contributed by atoms with Crippen LogP contribution in [0.1, 0.15) is 19.8 Å². The summed E-state index contributed by atoms with van der Waals surface area (Å²) in [5.41, 5.74) is 0. The van der Waals surface area contributed by atoms with E-state index in [1.165, 1.54) is 25.2 Å². The molecule has 20 heavy (non-hydrogen) atoms. The van der Waals surface area contributed by atoms with Gasteiger partial charge in [0.1, 0.15) is 4.90 Å². The molecule has 0 amide bonds. The van der Waals surface area contributed by atoms with Crippen molar-refractivity contribution in [2.75, 3.05) is 26.2 Å². The van der Waals surface area contributed by atoms with Crippen molar-refractivity contribution in [1.82, 2.24) is 19.6 Å². The highest BCUT2D eigenvalue weighted by Gasteiger charge is 2.18. The lowest BCUT2D eigenvalue weighted by Gasteiger charge is -2.30. The Morgan fingerprint density at radius 1 is 1.35 bits per heavy atom. The maximum Gasteiger partial charge on any atom is 0.243 e. The van der Waals surface area contributed by atoms with E-state index in [-0.39, 0.29) is 10.2 Å². The van der Waals surface area contributed by atoms with Crippen LogP contribution in [0.5, 0.6) is 0 Å². The van der Waals surface area contributed by atoms with E-state index in [2.05, 4.69) is 26.5 Å². The van der Waals surface area contributed by atoms with Crippen molar-refractivity contribution in [3.63, 3.8) is 0 Å². The Hall–Kier alpha value is -0.760. The number of likely N-dealkylation sites (tertiary alicyclic amines) is 1. The molecule has 2 rings (SSSR count). The van der Waals surface area contributed by atoms with Crippen LogP contribution < -0.4 is 4.72 Å². The van der Waals surface area contributed by atoms with Crippen LogP contribution in [0.3, 0.4) is 0 Å². The van der Waals surface area contributed by atoms with Crippen LogP contribution in [0, 0.1) is 5.92 Å². The van der Waals surface area contributed by atoms with Gasteiger partial charge in [-0.3, -0.25) is 0 Å². The van der Waals surface area contributed by atoms with Gasteiger partial charge < -0.3 is 4.90 Å². The third kappa shape index (κ3) is 4.37. The van der Waals surface area contributed by atoms with Crippen molar-refractivity contribution in [3.8, 4) is 0 Å². The van der Waals surface area contributed by atoms with Crippen molar-refractivity contribution in [2.45, 2.75) is 24.7 Å². The predicted molar refractivity (Wildman–Crippen MR) is 77.1 cm³/mol. The van der Waals surface area contributed by atoms with Crippen LogP contribution in [-0.4, -0.2) is 49.5 Å². The van der Waals surface area contributed by atoms with Crippen LogP contribution in [0.4, 0.5) is 0 Å². The van der Waals surface area contributed by atoms with Gasteiger partial charge in [-0.25, -0.2) is 23.1 Å². The van der Waals surface area contributed by atoms with Crippen molar-refractivity contribution in [2.24, 2.45) is 5.92 Å². The number of halogens is 1. The minimum Gasteiger partial charge on any atom is -0.302 e. The van der Waals surface area contributed by atoms with Crippen molar-refractivity contribution in [1.29, 1.82) is 0 Å². The molecule has 112 valence electrons. The number of piperidine rings is 1. The molecule has 1 aromatic heterocycles. The molecule has 8 heteroatoms. The molecular weight excluding hydrogens is 300 g/mol. The van der Waals surface area contributed by atoms with Gasteiger partial charge in [-0.1, -0.05) is 6.92 Å². The number of nitrogens with zero attached hydrogens (tertiary/aromatic N) is 3. The second-order valence-corrected chi connectivity index (χ2v) is 7.21. The second-order valence-electron chi connectivity index (χ2n) is 5.11. The fourth-order valence-electron chi connectivity index (χ4n) is 2.15. The average Bonchev–Trinajstić information content (AvgIpc) is 2.41. The van der Waals surface area contributed by atoms with E-state index >= 15 is 0 Å². The first-order chi connectivity index (χ1) is 9.47. The van der Waals surface area contributed by atoms with Crippen molar-refractivity contribution < 1.29 is 8.42 Å². The van der Waals surface area contributed by atoms with Gasteiger partial charge in [-0.05, 0) is 43.5 Å². The molecule has 2 heterocycles. The van der Waals surface area contributed by atoms with Crippen molar-refractivity contribution >= 4 is 21.6 Å². The van der Waals surface area contributed by atoms with Crippen LogP contribution in [0.15, 0.2) is 17.3 Å². The Morgan fingerprint density at radius 3 is 2.55 bits per heavy atom. The highest BCUT2D eigenvalue weighted by Crippen LogP contribution is 2.15. The monoisotopic (exact) mass is 318 g/mol. The maximum absolute atomic E-state index is 12.0. The zero-order valence-electron chi connectivity index (χ0n) is 11.4. The summed E-state index contributed by atoms with van der Waals surface area (Å²) in [6.45, 7) is 5.43. The van der Waals surface area contributed by atoms with E-state index < -0.39 is 10.0 Å². The average molecular weight is 319 g/mol. The molecule has 0 aromatic carbocycles. The quantitative estimate of drug-likeness (QED) is 0.824. The molecule has 0 unspecified atom stereocenters. The fraction of sp³-hybridized carbons (Fsp3) is 0.667. The molecule has 1 aliphatic rings. The van der Waals surface area contributed by atoms with Gasteiger partial charge in [0.15, 0.2) is 0 Å². The zero-order chi connectivity index (χ0) is 14.6. The highest BCUT2D eigenvalue weighted by molar-refractivity contribution is 7.89. The highest BCUT2D eigenvalue weighted by atomic mass is 35.5. The summed E-state index contributed by atoms with van der Waals surface area (Å²) in [4.78, 5) is 9.67. The van der Waals surface area contributed by atoms with Gasteiger partial charge in [0.05, 0.1) is 12.4 Å². The molecule has 1 aliphatic heterocycles. The Labute approximate surface area is 124 Å². The van der Waals surface area contributed by atoms with Gasteiger partial charge in [0.25, 0.3) is 0 Å². The van der Waals surface area contributed by atoms with Gasteiger partial charge in [0.2, 0.25) is 15.3 Å². The van der Waals surface area contributed by atoms with Crippen LogP contribution in [0.2, 0.25) is 5.28 Å². The summed E-state index contributed by atoms with van der Waals surface area (Å²) in [7, 11) is -3.55. The molecule has 0 spiro atoms. The van der Waals surface area contributed by atoms with E-state index in [0.29, 0.717) is 6.54 Å². The molecule has 1 saturated heterocycles.